The highest BCUT2D eigenvalue weighted by Crippen LogP contribution is 2.36. The van der Waals surface area contributed by atoms with Gasteiger partial charge in [-0.2, -0.15) is 4.39 Å². The van der Waals surface area contributed by atoms with Gasteiger partial charge < -0.3 is 9.47 Å². The van der Waals surface area contributed by atoms with Crippen LogP contribution in [0.25, 0.3) is 11.1 Å². The number of hydrogen-bond donors (Lipinski definition) is 0. The largest absolute Gasteiger partial charge is 0.491 e. The molecule has 0 saturated heterocycles. The molecule has 0 spiro atoms. The van der Waals surface area contributed by atoms with Crippen LogP contribution in [0.5, 0.6) is 5.75 Å². The average Bonchev–Trinajstić information content (AvgIpc) is 2.86. The van der Waals surface area contributed by atoms with Crippen LogP contribution in [0.3, 0.4) is 0 Å². The first-order chi connectivity index (χ1) is 16.8. The molecule has 0 N–H and O–H groups in total. The molecule has 0 aliphatic heterocycles. The van der Waals surface area contributed by atoms with Gasteiger partial charge in [-0.25, -0.2) is 18.0 Å². The van der Waals surface area contributed by atoms with Crippen LogP contribution < -0.4 is 4.74 Å². The van der Waals surface area contributed by atoms with Gasteiger partial charge in [-0.15, -0.1) is 0 Å². The smallest absolute Gasteiger partial charge is 0.338 e. The van der Waals surface area contributed by atoms with Crippen molar-refractivity contribution in [3.63, 3.8) is 0 Å². The third-order valence-corrected chi connectivity index (χ3v) is 6.47. The minimum atomic E-state index is -1.06. The molecule has 3 nitrogen and oxygen atoms in total. The first-order valence-corrected chi connectivity index (χ1v) is 11.7. The van der Waals surface area contributed by atoms with E-state index in [0.717, 1.165) is 0 Å². The molecule has 0 bridgehead atoms. The summed E-state index contributed by atoms with van der Waals surface area (Å²) in [7, 11) is 0. The Balaban J connectivity index is 1.38. The Morgan fingerprint density at radius 2 is 1.51 bits per heavy atom. The van der Waals surface area contributed by atoms with Crippen molar-refractivity contribution >= 4 is 5.97 Å². The number of benzene rings is 3. The molecule has 1 aliphatic carbocycles. The molecule has 0 atom stereocenters. The van der Waals surface area contributed by atoms with Crippen LogP contribution in [0.2, 0.25) is 0 Å². The number of ether oxygens (including phenoxy) is 2. The molecule has 1 fully saturated rings. The summed E-state index contributed by atoms with van der Waals surface area (Å²) in [5.74, 6) is -4.49. The first-order valence-electron chi connectivity index (χ1n) is 11.7. The van der Waals surface area contributed by atoms with Crippen LogP contribution in [-0.2, 0) is 4.74 Å². The van der Waals surface area contributed by atoms with Crippen LogP contribution in [0.1, 0.15) is 60.0 Å². The molecular weight excluding hydrogens is 460 g/mol. The summed E-state index contributed by atoms with van der Waals surface area (Å²) in [6.07, 6.45) is 1.92. The molecule has 0 radical (unpaired) electrons. The van der Waals surface area contributed by atoms with Crippen LogP contribution in [0.4, 0.5) is 17.6 Å². The standard InChI is InChI=1S/C28H26F4O3/c1-3-34-23-15-14-22(26(31)27(23)32)17-5-7-19(8-6-17)28(33)35-20-11-9-18(10-12-20)21-13-4-16(2)24(29)25(21)30/h4-8,13-15,18,20H,3,9-12H2,1-2H3. The molecule has 3 aromatic rings. The van der Waals surface area contributed by atoms with E-state index >= 15 is 0 Å². The number of halogens is 4. The Morgan fingerprint density at radius 3 is 2.17 bits per heavy atom. The molecule has 35 heavy (non-hydrogen) atoms. The molecule has 184 valence electrons. The van der Waals surface area contributed by atoms with Gasteiger partial charge in [0.25, 0.3) is 0 Å². The molecule has 0 aromatic heterocycles. The summed E-state index contributed by atoms with van der Waals surface area (Å²) in [5.41, 5.74) is 1.40. The predicted octanol–water partition coefficient (Wildman–Crippen LogP) is 7.50. The Labute approximate surface area is 201 Å². The van der Waals surface area contributed by atoms with Crippen molar-refractivity contribution in [3.8, 4) is 16.9 Å². The number of esters is 1. The number of hydrogen-bond acceptors (Lipinski definition) is 3. The number of rotatable bonds is 6. The second kappa shape index (κ2) is 10.5. The summed E-state index contributed by atoms with van der Waals surface area (Å²) in [5, 5.41) is 0. The van der Waals surface area contributed by atoms with Crippen molar-refractivity contribution in [2.45, 2.75) is 51.6 Å². The van der Waals surface area contributed by atoms with Crippen LogP contribution in [0.15, 0.2) is 48.5 Å². The fourth-order valence-electron chi connectivity index (χ4n) is 4.49. The molecule has 3 aromatic carbocycles. The predicted molar refractivity (Wildman–Crippen MR) is 124 cm³/mol. The lowest BCUT2D eigenvalue weighted by atomic mass is 9.82. The second-order valence-corrected chi connectivity index (χ2v) is 8.73. The Morgan fingerprint density at radius 1 is 0.829 bits per heavy atom. The summed E-state index contributed by atoms with van der Waals surface area (Å²) in [4.78, 5) is 12.6. The number of carbonyl (C=O) groups excluding carboxylic acids is 1. The lowest BCUT2D eigenvalue weighted by Gasteiger charge is -2.29. The second-order valence-electron chi connectivity index (χ2n) is 8.73. The van der Waals surface area contributed by atoms with E-state index in [1.54, 1.807) is 19.1 Å². The Kier molecular flexibility index (Phi) is 7.43. The van der Waals surface area contributed by atoms with E-state index in [2.05, 4.69) is 0 Å². The number of carbonyl (C=O) groups is 1. The van der Waals surface area contributed by atoms with E-state index in [-0.39, 0.29) is 41.1 Å². The minimum absolute atomic E-state index is 0.0592. The minimum Gasteiger partial charge on any atom is -0.491 e. The van der Waals surface area contributed by atoms with E-state index in [1.807, 2.05) is 0 Å². The zero-order valence-corrected chi connectivity index (χ0v) is 19.5. The topological polar surface area (TPSA) is 35.5 Å². The number of aryl methyl sites for hydroxylation is 1. The maximum atomic E-state index is 14.5. The van der Waals surface area contributed by atoms with Crippen LogP contribution >= 0.6 is 0 Å². The van der Waals surface area contributed by atoms with Gasteiger partial charge in [0.05, 0.1) is 12.2 Å². The van der Waals surface area contributed by atoms with Gasteiger partial charge in [-0.1, -0.05) is 24.3 Å². The molecule has 0 unspecified atom stereocenters. The molecule has 4 rings (SSSR count). The van der Waals surface area contributed by atoms with Crippen LogP contribution in [-0.4, -0.2) is 18.7 Å². The molecule has 0 amide bonds. The van der Waals surface area contributed by atoms with Crippen molar-refractivity contribution in [1.29, 1.82) is 0 Å². The zero-order valence-electron chi connectivity index (χ0n) is 19.5. The summed E-state index contributed by atoms with van der Waals surface area (Å²) < 4.78 is 67.6. The monoisotopic (exact) mass is 486 g/mol. The van der Waals surface area contributed by atoms with E-state index in [9.17, 15) is 22.4 Å². The van der Waals surface area contributed by atoms with Crippen molar-refractivity contribution in [2.24, 2.45) is 0 Å². The van der Waals surface area contributed by atoms with Gasteiger partial charge in [0.2, 0.25) is 5.82 Å². The Hall–Kier alpha value is -3.35. The van der Waals surface area contributed by atoms with Gasteiger partial charge in [0.1, 0.15) is 6.10 Å². The molecule has 1 saturated carbocycles. The molecule has 7 heteroatoms. The third-order valence-electron chi connectivity index (χ3n) is 6.47. The normalized spacial score (nSPS) is 17.8. The van der Waals surface area contributed by atoms with Gasteiger partial charge in [0.15, 0.2) is 23.2 Å². The Bertz CT molecular complexity index is 1220. The van der Waals surface area contributed by atoms with Gasteiger partial charge in [0, 0.05) is 5.56 Å². The van der Waals surface area contributed by atoms with Crippen molar-refractivity contribution in [3.05, 3.63) is 88.5 Å². The maximum absolute atomic E-state index is 14.5. The molecular formula is C28H26F4O3. The highest BCUT2D eigenvalue weighted by molar-refractivity contribution is 5.90. The molecule has 1 aliphatic rings. The SMILES string of the molecule is CCOc1ccc(-c2ccc(C(=O)OC3CCC(c4ccc(C)c(F)c4F)CC3)cc2)c(F)c1F. The van der Waals surface area contributed by atoms with E-state index in [0.29, 0.717) is 36.8 Å². The zero-order chi connectivity index (χ0) is 25.1. The van der Waals surface area contributed by atoms with E-state index < -0.39 is 29.2 Å². The van der Waals surface area contributed by atoms with Crippen LogP contribution in [0, 0.1) is 30.2 Å². The van der Waals surface area contributed by atoms with Gasteiger partial charge in [-0.3, -0.25) is 0 Å². The summed E-state index contributed by atoms with van der Waals surface area (Å²) in [6.45, 7) is 3.42. The van der Waals surface area contributed by atoms with Crippen molar-refractivity contribution in [1.82, 2.24) is 0 Å². The maximum Gasteiger partial charge on any atom is 0.338 e. The van der Waals surface area contributed by atoms with Crippen molar-refractivity contribution < 1.29 is 31.8 Å². The quantitative estimate of drug-likeness (QED) is 0.267. The third kappa shape index (κ3) is 5.19. The summed E-state index contributed by atoms with van der Waals surface area (Å²) in [6, 6.07) is 12.1. The molecule has 0 heterocycles. The fourth-order valence-corrected chi connectivity index (χ4v) is 4.49. The lowest BCUT2D eigenvalue weighted by molar-refractivity contribution is 0.0194. The first kappa shape index (κ1) is 24.8. The van der Waals surface area contributed by atoms with Crippen molar-refractivity contribution in [2.75, 3.05) is 6.61 Å². The van der Waals surface area contributed by atoms with Gasteiger partial charge >= 0.3 is 5.97 Å². The average molecular weight is 487 g/mol. The highest BCUT2D eigenvalue weighted by Gasteiger charge is 2.28. The lowest BCUT2D eigenvalue weighted by Crippen LogP contribution is -2.24. The fraction of sp³-hybridized carbons (Fsp3) is 0.321. The highest BCUT2D eigenvalue weighted by atomic mass is 19.2. The van der Waals surface area contributed by atoms with Gasteiger partial charge in [-0.05, 0) is 86.4 Å². The van der Waals surface area contributed by atoms with E-state index in [1.165, 1.54) is 43.3 Å². The summed E-state index contributed by atoms with van der Waals surface area (Å²) >= 11 is 0. The van der Waals surface area contributed by atoms with E-state index in [4.69, 9.17) is 9.47 Å².